The zero-order chi connectivity index (χ0) is 12.5. The van der Waals surface area contributed by atoms with E-state index in [0.29, 0.717) is 12.5 Å². The van der Waals surface area contributed by atoms with Crippen LogP contribution in [0.3, 0.4) is 0 Å². The average molecular weight is 238 g/mol. The van der Waals surface area contributed by atoms with Crippen molar-refractivity contribution in [2.75, 3.05) is 37.7 Å². The Bertz CT molecular complexity index is 319. The lowest BCUT2D eigenvalue weighted by molar-refractivity contribution is 0.326. The molecule has 5 heteroatoms. The van der Waals surface area contributed by atoms with Gasteiger partial charge in [-0.25, -0.2) is 4.98 Å². The summed E-state index contributed by atoms with van der Waals surface area (Å²) >= 11 is 0. The van der Waals surface area contributed by atoms with E-state index in [9.17, 15) is 0 Å². The molecule has 0 saturated heterocycles. The van der Waals surface area contributed by atoms with Crippen molar-refractivity contribution in [2.24, 2.45) is 0 Å². The Morgan fingerprint density at radius 2 is 2.18 bits per heavy atom. The zero-order valence-electron chi connectivity index (χ0n) is 10.9. The van der Waals surface area contributed by atoms with E-state index in [1.54, 1.807) is 12.3 Å². The van der Waals surface area contributed by atoms with Gasteiger partial charge in [-0.2, -0.15) is 4.98 Å². The molecule has 0 aromatic carbocycles. The first-order chi connectivity index (χ1) is 8.31. The molecule has 0 radical (unpaired) electrons. The lowest BCUT2D eigenvalue weighted by atomic mass is 10.5. The first-order valence-corrected chi connectivity index (χ1v) is 6.23. The van der Waals surface area contributed by atoms with E-state index in [4.69, 9.17) is 4.74 Å². The number of nitrogens with one attached hydrogen (secondary N) is 1. The van der Waals surface area contributed by atoms with Gasteiger partial charge in [0.05, 0.1) is 6.61 Å². The van der Waals surface area contributed by atoms with Gasteiger partial charge in [-0.1, -0.05) is 6.92 Å². The maximum absolute atomic E-state index is 5.37. The SMILES string of the molecule is CCNCCN(CC)c1nccc(OCC)n1. The van der Waals surface area contributed by atoms with Crippen LogP contribution in [0.25, 0.3) is 0 Å². The van der Waals surface area contributed by atoms with Gasteiger partial charge < -0.3 is 15.0 Å². The Kier molecular flexibility index (Phi) is 6.32. The van der Waals surface area contributed by atoms with Crippen molar-refractivity contribution in [3.63, 3.8) is 0 Å². The molecule has 1 heterocycles. The maximum Gasteiger partial charge on any atom is 0.228 e. The molecule has 0 aliphatic rings. The van der Waals surface area contributed by atoms with Crippen LogP contribution in [0.15, 0.2) is 12.3 Å². The number of hydrogen-bond donors (Lipinski definition) is 1. The highest BCUT2D eigenvalue weighted by Gasteiger charge is 2.07. The molecule has 0 aliphatic heterocycles. The van der Waals surface area contributed by atoms with Crippen LogP contribution in [0.2, 0.25) is 0 Å². The molecule has 1 aromatic rings. The van der Waals surface area contributed by atoms with Crippen LogP contribution in [0.1, 0.15) is 20.8 Å². The highest BCUT2D eigenvalue weighted by Crippen LogP contribution is 2.11. The molecule has 1 rings (SSSR count). The van der Waals surface area contributed by atoms with E-state index in [0.717, 1.165) is 32.1 Å². The molecule has 0 amide bonds. The molecule has 96 valence electrons. The largest absolute Gasteiger partial charge is 0.478 e. The lowest BCUT2D eigenvalue weighted by Gasteiger charge is -2.20. The third-order valence-corrected chi connectivity index (χ3v) is 2.38. The van der Waals surface area contributed by atoms with Crippen molar-refractivity contribution in [1.29, 1.82) is 0 Å². The second-order valence-electron chi connectivity index (χ2n) is 3.56. The summed E-state index contributed by atoms with van der Waals surface area (Å²) in [5.74, 6) is 1.37. The standard InChI is InChI=1S/C12H22N4O/c1-4-13-9-10-16(5-2)12-14-8-7-11(15-12)17-6-3/h7-8,13H,4-6,9-10H2,1-3H3. The lowest BCUT2D eigenvalue weighted by Crippen LogP contribution is -2.33. The molecule has 1 aromatic heterocycles. The van der Waals surface area contributed by atoms with Gasteiger partial charge in [-0.3, -0.25) is 0 Å². The number of aromatic nitrogens is 2. The van der Waals surface area contributed by atoms with Crippen molar-refractivity contribution < 1.29 is 4.74 Å². The fourth-order valence-corrected chi connectivity index (χ4v) is 1.50. The first-order valence-electron chi connectivity index (χ1n) is 6.23. The molecule has 0 saturated carbocycles. The number of ether oxygens (including phenoxy) is 1. The van der Waals surface area contributed by atoms with Gasteiger partial charge in [0.15, 0.2) is 0 Å². The molecule has 0 spiro atoms. The Labute approximate surface area is 103 Å². The quantitative estimate of drug-likeness (QED) is 0.692. The van der Waals surface area contributed by atoms with E-state index in [1.807, 2.05) is 6.92 Å². The molecule has 17 heavy (non-hydrogen) atoms. The van der Waals surface area contributed by atoms with E-state index >= 15 is 0 Å². The van der Waals surface area contributed by atoms with Gasteiger partial charge in [0.25, 0.3) is 0 Å². The van der Waals surface area contributed by atoms with Crippen LogP contribution < -0.4 is 15.0 Å². The Morgan fingerprint density at radius 3 is 2.82 bits per heavy atom. The summed E-state index contributed by atoms with van der Waals surface area (Å²) in [7, 11) is 0. The monoisotopic (exact) mass is 238 g/mol. The summed E-state index contributed by atoms with van der Waals surface area (Å²) in [6.07, 6.45) is 1.74. The molecule has 0 bridgehead atoms. The van der Waals surface area contributed by atoms with Crippen LogP contribution in [0.5, 0.6) is 5.88 Å². The topological polar surface area (TPSA) is 50.3 Å². The number of hydrogen-bond acceptors (Lipinski definition) is 5. The Morgan fingerprint density at radius 1 is 1.35 bits per heavy atom. The second-order valence-corrected chi connectivity index (χ2v) is 3.56. The predicted octanol–water partition coefficient (Wildman–Crippen LogP) is 1.31. The van der Waals surface area contributed by atoms with Crippen LogP contribution in [-0.4, -0.2) is 42.8 Å². The second kappa shape index (κ2) is 7.84. The van der Waals surface area contributed by atoms with E-state index in [2.05, 4.69) is 34.0 Å². The van der Waals surface area contributed by atoms with E-state index in [1.165, 1.54) is 0 Å². The normalized spacial score (nSPS) is 10.3. The van der Waals surface area contributed by atoms with Gasteiger partial charge >= 0.3 is 0 Å². The third kappa shape index (κ3) is 4.56. The van der Waals surface area contributed by atoms with Crippen molar-refractivity contribution in [3.8, 4) is 5.88 Å². The summed E-state index contributed by atoms with van der Waals surface area (Å²) in [6.45, 7) is 10.5. The summed E-state index contributed by atoms with van der Waals surface area (Å²) in [4.78, 5) is 10.8. The molecule has 1 N–H and O–H groups in total. The molecule has 0 aliphatic carbocycles. The van der Waals surface area contributed by atoms with Gasteiger partial charge in [0.1, 0.15) is 0 Å². The molecule has 5 nitrogen and oxygen atoms in total. The number of likely N-dealkylation sites (N-methyl/N-ethyl adjacent to an activating group) is 2. The summed E-state index contributed by atoms with van der Waals surface area (Å²) in [5.41, 5.74) is 0. The van der Waals surface area contributed by atoms with Crippen molar-refractivity contribution in [3.05, 3.63) is 12.3 Å². The number of rotatable bonds is 8. The van der Waals surface area contributed by atoms with Gasteiger partial charge in [-0.05, 0) is 20.4 Å². The summed E-state index contributed by atoms with van der Waals surface area (Å²) in [6, 6.07) is 1.78. The molecule has 0 unspecified atom stereocenters. The maximum atomic E-state index is 5.37. The van der Waals surface area contributed by atoms with Crippen LogP contribution >= 0.6 is 0 Å². The highest BCUT2D eigenvalue weighted by atomic mass is 16.5. The minimum Gasteiger partial charge on any atom is -0.478 e. The van der Waals surface area contributed by atoms with Crippen molar-refractivity contribution in [2.45, 2.75) is 20.8 Å². The Hall–Kier alpha value is -1.36. The van der Waals surface area contributed by atoms with Crippen LogP contribution in [0, 0.1) is 0 Å². The predicted molar refractivity (Wildman–Crippen MR) is 69.6 cm³/mol. The first kappa shape index (κ1) is 13.7. The number of nitrogens with zero attached hydrogens (tertiary/aromatic N) is 3. The van der Waals surface area contributed by atoms with E-state index in [-0.39, 0.29) is 0 Å². The summed E-state index contributed by atoms with van der Waals surface area (Å²) in [5, 5.41) is 3.29. The third-order valence-electron chi connectivity index (χ3n) is 2.38. The Balaban J connectivity index is 2.63. The van der Waals surface area contributed by atoms with Gasteiger partial charge in [-0.15, -0.1) is 0 Å². The van der Waals surface area contributed by atoms with Crippen molar-refractivity contribution in [1.82, 2.24) is 15.3 Å². The van der Waals surface area contributed by atoms with Gasteiger partial charge in [0.2, 0.25) is 11.8 Å². The summed E-state index contributed by atoms with van der Waals surface area (Å²) < 4.78 is 5.37. The molecular weight excluding hydrogens is 216 g/mol. The molecule has 0 atom stereocenters. The fourth-order valence-electron chi connectivity index (χ4n) is 1.50. The minimum absolute atomic E-state index is 0.625. The minimum atomic E-state index is 0.625. The van der Waals surface area contributed by atoms with Crippen molar-refractivity contribution >= 4 is 5.95 Å². The highest BCUT2D eigenvalue weighted by molar-refractivity contribution is 5.31. The fraction of sp³-hybridized carbons (Fsp3) is 0.667. The molecule has 0 fully saturated rings. The smallest absolute Gasteiger partial charge is 0.228 e. The van der Waals surface area contributed by atoms with Crippen LogP contribution in [0.4, 0.5) is 5.95 Å². The van der Waals surface area contributed by atoms with Crippen LogP contribution in [-0.2, 0) is 0 Å². The number of anilines is 1. The van der Waals surface area contributed by atoms with E-state index < -0.39 is 0 Å². The van der Waals surface area contributed by atoms with Gasteiger partial charge in [0, 0.05) is 31.9 Å². The molecular formula is C12H22N4O. The average Bonchev–Trinajstić information content (AvgIpc) is 2.35. The zero-order valence-corrected chi connectivity index (χ0v) is 10.9.